The van der Waals surface area contributed by atoms with E-state index in [1.54, 1.807) is 6.08 Å². The van der Waals surface area contributed by atoms with Crippen LogP contribution in [-0.4, -0.2) is 6.61 Å². The monoisotopic (exact) mass is 196 g/mol. The second-order valence-corrected chi connectivity index (χ2v) is 3.15. The Kier molecular flexibility index (Phi) is 3.84. The molecule has 1 aromatic carbocycles. The first-order valence-corrected chi connectivity index (χ1v) is 4.70. The summed E-state index contributed by atoms with van der Waals surface area (Å²) < 4.78 is 5.40. The minimum Gasteiger partial charge on any atom is -0.490 e. The number of aryl methyl sites for hydroxylation is 1. The van der Waals surface area contributed by atoms with Crippen molar-refractivity contribution in [1.82, 2.24) is 0 Å². The summed E-state index contributed by atoms with van der Waals surface area (Å²) in [5.41, 5.74) is 2.25. The molecule has 13 heavy (non-hydrogen) atoms. The maximum atomic E-state index is 5.73. The van der Waals surface area contributed by atoms with E-state index in [0.717, 1.165) is 16.9 Å². The van der Waals surface area contributed by atoms with Crippen LogP contribution in [0.3, 0.4) is 0 Å². The molecule has 0 saturated carbocycles. The molecule has 1 nitrogen and oxygen atoms in total. The van der Waals surface area contributed by atoms with Crippen molar-refractivity contribution in [2.45, 2.75) is 12.8 Å². The summed E-state index contributed by atoms with van der Waals surface area (Å²) in [4.78, 5) is 0. The molecule has 2 heteroatoms. The zero-order chi connectivity index (χ0) is 9.68. The standard InChI is InChI=1S/C11H13ClO/c1-3-4-13-11-6-9(2)5-10(7-11)8-12/h3,5-7H,1,4,8H2,2H3. The van der Waals surface area contributed by atoms with Crippen LogP contribution in [0.25, 0.3) is 0 Å². The number of ether oxygens (including phenoxy) is 1. The smallest absolute Gasteiger partial charge is 0.120 e. The van der Waals surface area contributed by atoms with Gasteiger partial charge in [-0.15, -0.1) is 11.6 Å². The topological polar surface area (TPSA) is 9.23 Å². The fourth-order valence-electron chi connectivity index (χ4n) is 1.14. The average Bonchev–Trinajstić information content (AvgIpc) is 2.14. The molecule has 0 fully saturated rings. The van der Waals surface area contributed by atoms with Crippen molar-refractivity contribution in [3.63, 3.8) is 0 Å². The van der Waals surface area contributed by atoms with Gasteiger partial charge in [0.15, 0.2) is 0 Å². The quantitative estimate of drug-likeness (QED) is 0.531. The van der Waals surface area contributed by atoms with Gasteiger partial charge in [-0.1, -0.05) is 18.7 Å². The van der Waals surface area contributed by atoms with Crippen molar-refractivity contribution in [3.8, 4) is 5.75 Å². The van der Waals surface area contributed by atoms with Crippen LogP contribution in [0, 0.1) is 6.92 Å². The molecule has 0 heterocycles. The van der Waals surface area contributed by atoms with E-state index >= 15 is 0 Å². The number of halogens is 1. The zero-order valence-electron chi connectivity index (χ0n) is 7.72. The molecule has 0 radical (unpaired) electrons. The highest BCUT2D eigenvalue weighted by Gasteiger charge is 1.97. The lowest BCUT2D eigenvalue weighted by atomic mass is 10.1. The summed E-state index contributed by atoms with van der Waals surface area (Å²) in [5.74, 6) is 1.38. The Bertz CT molecular complexity index is 294. The van der Waals surface area contributed by atoms with Gasteiger partial charge in [-0.2, -0.15) is 0 Å². The summed E-state index contributed by atoms with van der Waals surface area (Å²) in [5, 5.41) is 0. The van der Waals surface area contributed by atoms with Crippen LogP contribution in [0.1, 0.15) is 11.1 Å². The number of alkyl halides is 1. The van der Waals surface area contributed by atoms with Crippen molar-refractivity contribution >= 4 is 11.6 Å². The molecule has 0 saturated heterocycles. The van der Waals surface area contributed by atoms with Gasteiger partial charge in [-0.25, -0.2) is 0 Å². The first-order chi connectivity index (χ1) is 6.26. The third-order valence-electron chi connectivity index (χ3n) is 1.63. The van der Waals surface area contributed by atoms with Gasteiger partial charge < -0.3 is 4.74 Å². The van der Waals surface area contributed by atoms with Crippen molar-refractivity contribution in [3.05, 3.63) is 42.0 Å². The first-order valence-electron chi connectivity index (χ1n) is 4.16. The van der Waals surface area contributed by atoms with Crippen LogP contribution >= 0.6 is 11.6 Å². The van der Waals surface area contributed by atoms with Crippen molar-refractivity contribution < 1.29 is 4.74 Å². The Labute approximate surface area is 84.0 Å². The second kappa shape index (κ2) is 4.93. The van der Waals surface area contributed by atoms with E-state index in [4.69, 9.17) is 16.3 Å². The van der Waals surface area contributed by atoms with E-state index in [-0.39, 0.29) is 0 Å². The highest BCUT2D eigenvalue weighted by molar-refractivity contribution is 6.17. The Morgan fingerprint density at radius 3 is 2.85 bits per heavy atom. The highest BCUT2D eigenvalue weighted by atomic mass is 35.5. The molecule has 0 bridgehead atoms. The van der Waals surface area contributed by atoms with Gasteiger partial charge in [-0.3, -0.25) is 0 Å². The molecule has 0 aliphatic carbocycles. The van der Waals surface area contributed by atoms with Gasteiger partial charge in [-0.05, 0) is 30.2 Å². The van der Waals surface area contributed by atoms with Gasteiger partial charge in [0.1, 0.15) is 12.4 Å². The van der Waals surface area contributed by atoms with Crippen molar-refractivity contribution in [2.24, 2.45) is 0 Å². The molecular weight excluding hydrogens is 184 g/mol. The van der Waals surface area contributed by atoms with Crippen LogP contribution in [0.2, 0.25) is 0 Å². The number of hydrogen-bond donors (Lipinski definition) is 0. The molecular formula is C11H13ClO. The molecule has 0 unspecified atom stereocenters. The molecule has 1 rings (SSSR count). The van der Waals surface area contributed by atoms with Gasteiger partial charge in [0.05, 0.1) is 0 Å². The van der Waals surface area contributed by atoms with Crippen LogP contribution in [0.4, 0.5) is 0 Å². The molecule has 0 aliphatic rings. The normalized spacial score (nSPS) is 9.69. The average molecular weight is 197 g/mol. The van der Waals surface area contributed by atoms with Crippen LogP contribution < -0.4 is 4.74 Å². The lowest BCUT2D eigenvalue weighted by molar-refractivity contribution is 0.362. The molecule has 0 aromatic heterocycles. The van der Waals surface area contributed by atoms with E-state index < -0.39 is 0 Å². The molecule has 0 atom stereocenters. The Hall–Kier alpha value is -0.950. The Morgan fingerprint density at radius 2 is 2.23 bits per heavy atom. The van der Waals surface area contributed by atoms with Crippen LogP contribution in [0.5, 0.6) is 5.75 Å². The lowest BCUT2D eigenvalue weighted by Crippen LogP contribution is -1.94. The predicted octanol–water partition coefficient (Wildman–Crippen LogP) is 3.30. The highest BCUT2D eigenvalue weighted by Crippen LogP contribution is 2.18. The summed E-state index contributed by atoms with van der Waals surface area (Å²) in [6, 6.07) is 5.98. The van der Waals surface area contributed by atoms with E-state index in [9.17, 15) is 0 Å². The molecule has 0 N–H and O–H groups in total. The van der Waals surface area contributed by atoms with Gasteiger partial charge in [0.2, 0.25) is 0 Å². The second-order valence-electron chi connectivity index (χ2n) is 2.89. The van der Waals surface area contributed by atoms with Crippen LogP contribution in [-0.2, 0) is 5.88 Å². The lowest BCUT2D eigenvalue weighted by Gasteiger charge is -2.06. The fourth-order valence-corrected chi connectivity index (χ4v) is 1.29. The number of hydrogen-bond acceptors (Lipinski definition) is 1. The summed E-state index contributed by atoms with van der Waals surface area (Å²) in [6.45, 7) is 6.15. The van der Waals surface area contributed by atoms with Gasteiger partial charge in [0.25, 0.3) is 0 Å². The minimum atomic E-state index is 0.520. The maximum absolute atomic E-state index is 5.73. The largest absolute Gasteiger partial charge is 0.490 e. The third-order valence-corrected chi connectivity index (χ3v) is 1.94. The van der Waals surface area contributed by atoms with E-state index in [1.807, 2.05) is 25.1 Å². The van der Waals surface area contributed by atoms with Crippen molar-refractivity contribution in [2.75, 3.05) is 6.61 Å². The minimum absolute atomic E-state index is 0.520. The maximum Gasteiger partial charge on any atom is 0.120 e. The van der Waals surface area contributed by atoms with E-state index in [2.05, 4.69) is 6.58 Å². The van der Waals surface area contributed by atoms with E-state index in [1.165, 1.54) is 0 Å². The van der Waals surface area contributed by atoms with Crippen LogP contribution in [0.15, 0.2) is 30.9 Å². The summed E-state index contributed by atoms with van der Waals surface area (Å²) in [7, 11) is 0. The third kappa shape index (κ3) is 3.11. The summed E-state index contributed by atoms with van der Waals surface area (Å²) in [6.07, 6.45) is 1.72. The SMILES string of the molecule is C=CCOc1cc(C)cc(CCl)c1. The summed E-state index contributed by atoms with van der Waals surface area (Å²) >= 11 is 5.73. The van der Waals surface area contributed by atoms with Gasteiger partial charge in [0, 0.05) is 5.88 Å². The first kappa shape index (κ1) is 10.1. The molecule has 0 aliphatic heterocycles. The molecule has 1 aromatic rings. The van der Waals surface area contributed by atoms with E-state index in [0.29, 0.717) is 12.5 Å². The number of rotatable bonds is 4. The zero-order valence-corrected chi connectivity index (χ0v) is 8.47. The Balaban J connectivity index is 2.81. The number of benzene rings is 1. The fraction of sp³-hybridized carbons (Fsp3) is 0.273. The van der Waals surface area contributed by atoms with Crippen molar-refractivity contribution in [1.29, 1.82) is 0 Å². The Morgan fingerprint density at radius 1 is 1.46 bits per heavy atom. The molecule has 0 amide bonds. The van der Waals surface area contributed by atoms with Gasteiger partial charge >= 0.3 is 0 Å². The molecule has 70 valence electrons. The predicted molar refractivity (Wildman–Crippen MR) is 56.4 cm³/mol. The molecule has 0 spiro atoms.